The van der Waals surface area contributed by atoms with Crippen LogP contribution in [0.3, 0.4) is 0 Å². The van der Waals surface area contributed by atoms with Gasteiger partial charge in [-0.3, -0.25) is 0 Å². The average molecular weight is 338 g/mol. The second-order valence-corrected chi connectivity index (χ2v) is 6.77. The smallest absolute Gasteiger partial charge is 0.380 e. The highest BCUT2D eigenvalue weighted by Gasteiger charge is 2.37. The lowest BCUT2D eigenvalue weighted by Crippen LogP contribution is -2.30. The minimum absolute atomic E-state index is 0.0766. The molecule has 0 aliphatic carbocycles. The molecule has 3 N–H and O–H groups in total. The Labute approximate surface area is 126 Å². The van der Waals surface area contributed by atoms with E-state index in [9.17, 15) is 21.6 Å². The molecule has 2 rings (SSSR count). The van der Waals surface area contributed by atoms with Crippen LogP contribution in [0.1, 0.15) is 25.3 Å². The number of hydrogen-bond acceptors (Lipinski definition) is 4. The summed E-state index contributed by atoms with van der Waals surface area (Å²) in [6.45, 7) is 2.44. The minimum atomic E-state index is -4.81. The standard InChI is InChI=1S/C13H17F3N2O3S/c1-8(11-3-2-6-21-11)18-9-4-5-12(22(17,19)20)10(7-9)13(14,15)16/h4-5,7-8,11,18H,2-3,6H2,1H3,(H2,17,19,20)/t8-,11-/m0/s1. The van der Waals surface area contributed by atoms with Gasteiger partial charge in [0.25, 0.3) is 0 Å². The van der Waals surface area contributed by atoms with Crippen LogP contribution in [0.25, 0.3) is 0 Å². The largest absolute Gasteiger partial charge is 0.417 e. The van der Waals surface area contributed by atoms with E-state index in [-0.39, 0.29) is 17.8 Å². The maximum atomic E-state index is 13.0. The highest BCUT2D eigenvalue weighted by atomic mass is 32.2. The lowest BCUT2D eigenvalue weighted by atomic mass is 10.1. The van der Waals surface area contributed by atoms with Crippen LogP contribution in [0, 0.1) is 0 Å². The Morgan fingerprint density at radius 1 is 1.41 bits per heavy atom. The van der Waals surface area contributed by atoms with Crippen molar-refractivity contribution in [1.29, 1.82) is 0 Å². The first-order chi connectivity index (χ1) is 10.1. The fraction of sp³-hybridized carbons (Fsp3) is 0.538. The first-order valence-corrected chi connectivity index (χ1v) is 8.26. The molecular formula is C13H17F3N2O3S. The second-order valence-electron chi connectivity index (χ2n) is 5.24. The van der Waals surface area contributed by atoms with Crippen molar-refractivity contribution < 1.29 is 26.3 Å². The number of hydrogen-bond donors (Lipinski definition) is 2. The summed E-state index contributed by atoms with van der Waals surface area (Å²) in [5.41, 5.74) is -1.11. The molecule has 5 nitrogen and oxygen atoms in total. The van der Waals surface area contributed by atoms with Crippen LogP contribution in [-0.4, -0.2) is 27.2 Å². The molecule has 0 aromatic heterocycles. The number of primary sulfonamides is 1. The average Bonchev–Trinajstić information content (AvgIpc) is 2.90. The third-order valence-corrected chi connectivity index (χ3v) is 4.48. The fourth-order valence-electron chi connectivity index (χ4n) is 2.44. The van der Waals surface area contributed by atoms with Gasteiger partial charge < -0.3 is 10.1 Å². The molecule has 1 aliphatic rings. The zero-order chi connectivity index (χ0) is 16.5. The van der Waals surface area contributed by atoms with Crippen LogP contribution in [0.15, 0.2) is 23.1 Å². The molecule has 1 aromatic carbocycles. The number of ether oxygens (including phenoxy) is 1. The van der Waals surface area contributed by atoms with Crippen molar-refractivity contribution in [3.8, 4) is 0 Å². The molecule has 0 bridgehead atoms. The van der Waals surface area contributed by atoms with Crippen LogP contribution in [-0.2, 0) is 20.9 Å². The number of nitrogens with two attached hydrogens (primary N) is 1. The summed E-state index contributed by atoms with van der Waals surface area (Å²) in [6.07, 6.45) is -3.15. The zero-order valence-corrected chi connectivity index (χ0v) is 12.7. The van der Waals surface area contributed by atoms with Crippen LogP contribution in [0.4, 0.5) is 18.9 Å². The zero-order valence-electron chi connectivity index (χ0n) is 11.9. The summed E-state index contributed by atoms with van der Waals surface area (Å²) < 4.78 is 67.1. The van der Waals surface area contributed by atoms with Crippen LogP contribution >= 0.6 is 0 Å². The van der Waals surface area contributed by atoms with E-state index in [0.29, 0.717) is 6.61 Å². The molecule has 0 saturated carbocycles. The van der Waals surface area contributed by atoms with Gasteiger partial charge in [0.05, 0.1) is 16.6 Å². The Hall–Kier alpha value is -1.32. The first-order valence-electron chi connectivity index (χ1n) is 6.71. The maximum Gasteiger partial charge on any atom is 0.417 e. The summed E-state index contributed by atoms with van der Waals surface area (Å²) in [5.74, 6) is 0. The molecule has 1 aliphatic heterocycles. The molecule has 1 fully saturated rings. The molecule has 1 saturated heterocycles. The van der Waals surface area contributed by atoms with E-state index in [1.165, 1.54) is 6.07 Å². The van der Waals surface area contributed by atoms with Gasteiger partial charge in [0.15, 0.2) is 0 Å². The summed E-state index contributed by atoms with van der Waals surface area (Å²) in [5, 5.41) is 7.75. The van der Waals surface area contributed by atoms with Crippen molar-refractivity contribution in [1.82, 2.24) is 0 Å². The predicted octanol–water partition coefficient (Wildman–Crippen LogP) is 2.33. The van der Waals surface area contributed by atoms with Crippen molar-refractivity contribution in [2.75, 3.05) is 11.9 Å². The second kappa shape index (κ2) is 6.05. The van der Waals surface area contributed by atoms with Gasteiger partial charge in [-0.15, -0.1) is 0 Å². The lowest BCUT2D eigenvalue weighted by molar-refractivity contribution is -0.139. The number of anilines is 1. The third-order valence-electron chi connectivity index (χ3n) is 3.51. The van der Waals surface area contributed by atoms with Crippen molar-refractivity contribution >= 4 is 15.7 Å². The van der Waals surface area contributed by atoms with E-state index in [1.807, 2.05) is 0 Å². The Kier molecular flexibility index (Phi) is 4.69. The quantitative estimate of drug-likeness (QED) is 0.883. The van der Waals surface area contributed by atoms with E-state index in [0.717, 1.165) is 25.0 Å². The van der Waals surface area contributed by atoms with Crippen LogP contribution < -0.4 is 10.5 Å². The summed E-state index contributed by atoms with van der Waals surface area (Å²) in [4.78, 5) is -0.935. The number of benzene rings is 1. The van der Waals surface area contributed by atoms with E-state index in [1.54, 1.807) is 6.92 Å². The molecule has 1 heterocycles. The molecule has 9 heteroatoms. The SMILES string of the molecule is C[C@H](Nc1ccc(S(N)(=O)=O)c(C(F)(F)F)c1)[C@@H]1CCCO1. The Morgan fingerprint density at radius 3 is 2.59 bits per heavy atom. The highest BCUT2D eigenvalue weighted by Crippen LogP contribution is 2.35. The summed E-state index contributed by atoms with van der Waals surface area (Å²) in [7, 11) is -4.45. The number of sulfonamides is 1. The number of nitrogens with one attached hydrogen (secondary N) is 1. The molecule has 0 spiro atoms. The van der Waals surface area contributed by atoms with E-state index < -0.39 is 26.7 Å². The summed E-state index contributed by atoms with van der Waals surface area (Å²) >= 11 is 0. The molecule has 0 unspecified atom stereocenters. The van der Waals surface area contributed by atoms with Gasteiger partial charge in [-0.05, 0) is 38.0 Å². The third kappa shape index (κ3) is 3.90. The lowest BCUT2D eigenvalue weighted by Gasteiger charge is -2.22. The van der Waals surface area contributed by atoms with Gasteiger partial charge in [0.2, 0.25) is 10.0 Å². The number of rotatable bonds is 4. The number of halogens is 3. The van der Waals surface area contributed by atoms with Gasteiger partial charge in [0.1, 0.15) is 0 Å². The normalized spacial score (nSPS) is 20.9. The maximum absolute atomic E-state index is 13.0. The van der Waals surface area contributed by atoms with Crippen molar-refractivity contribution in [3.63, 3.8) is 0 Å². The van der Waals surface area contributed by atoms with Crippen molar-refractivity contribution in [2.24, 2.45) is 5.14 Å². The molecule has 22 heavy (non-hydrogen) atoms. The van der Waals surface area contributed by atoms with Crippen molar-refractivity contribution in [3.05, 3.63) is 23.8 Å². The minimum Gasteiger partial charge on any atom is -0.380 e. The Morgan fingerprint density at radius 2 is 2.09 bits per heavy atom. The predicted molar refractivity (Wildman–Crippen MR) is 74.9 cm³/mol. The van der Waals surface area contributed by atoms with E-state index in [2.05, 4.69) is 5.32 Å². The molecule has 1 aromatic rings. The van der Waals surface area contributed by atoms with Crippen molar-refractivity contribution in [2.45, 2.75) is 43.0 Å². The van der Waals surface area contributed by atoms with E-state index >= 15 is 0 Å². The van der Waals surface area contributed by atoms with Gasteiger partial charge in [-0.1, -0.05) is 0 Å². The highest BCUT2D eigenvalue weighted by molar-refractivity contribution is 7.89. The van der Waals surface area contributed by atoms with Gasteiger partial charge >= 0.3 is 6.18 Å². The first kappa shape index (κ1) is 17.0. The van der Waals surface area contributed by atoms with Gasteiger partial charge in [0, 0.05) is 18.3 Å². The molecule has 124 valence electrons. The van der Waals surface area contributed by atoms with Gasteiger partial charge in [-0.25, -0.2) is 13.6 Å². The number of alkyl halides is 3. The molecular weight excluding hydrogens is 321 g/mol. The summed E-state index contributed by atoms with van der Waals surface area (Å²) in [6, 6.07) is 2.69. The molecule has 0 amide bonds. The Balaban J connectivity index is 2.31. The monoisotopic (exact) mass is 338 g/mol. The van der Waals surface area contributed by atoms with Crippen LogP contribution in [0.5, 0.6) is 0 Å². The fourth-order valence-corrected chi connectivity index (χ4v) is 3.18. The van der Waals surface area contributed by atoms with E-state index in [4.69, 9.17) is 9.88 Å². The van der Waals surface area contributed by atoms with Gasteiger partial charge in [-0.2, -0.15) is 13.2 Å². The van der Waals surface area contributed by atoms with Crippen LogP contribution in [0.2, 0.25) is 0 Å². The molecule has 2 atom stereocenters. The Bertz CT molecular complexity index is 640. The molecule has 0 radical (unpaired) electrons. The topological polar surface area (TPSA) is 81.4 Å².